The van der Waals surface area contributed by atoms with E-state index in [1.807, 2.05) is 42.6 Å². The molecule has 7 nitrogen and oxygen atoms in total. The number of ether oxygens (including phenoxy) is 1. The van der Waals surface area contributed by atoms with Crippen LogP contribution in [-0.4, -0.2) is 58.3 Å². The van der Waals surface area contributed by atoms with Crippen molar-refractivity contribution >= 4 is 46.9 Å². The second-order valence-corrected chi connectivity index (χ2v) is 16.0. The van der Waals surface area contributed by atoms with Gasteiger partial charge in [-0.1, -0.05) is 30.3 Å². The lowest BCUT2D eigenvalue weighted by molar-refractivity contribution is 0.0809. The van der Waals surface area contributed by atoms with E-state index < -0.39 is 20.1 Å². The molecule has 3 aromatic heterocycles. The Labute approximate surface area is 204 Å². The lowest BCUT2D eigenvalue weighted by Gasteiger charge is -2.24. The second kappa shape index (κ2) is 9.61. The quantitative estimate of drug-likeness (QED) is 0.223. The molecule has 0 aliphatic heterocycles. The molecule has 176 valence electrons. The van der Waals surface area contributed by atoms with Crippen LogP contribution < -0.4 is 0 Å². The molecule has 3 heterocycles. The first-order valence-electron chi connectivity index (χ1n) is 10.3. The van der Waals surface area contributed by atoms with Gasteiger partial charge in [-0.3, -0.25) is 0 Å². The fourth-order valence-corrected chi connectivity index (χ4v) is 5.84. The van der Waals surface area contributed by atoms with Crippen LogP contribution in [0.3, 0.4) is 0 Å². The highest BCUT2D eigenvalue weighted by molar-refractivity contribution is 9.10. The zero-order chi connectivity index (χ0) is 23.6. The fraction of sp³-hybridized carbons (Fsp3) is 0.304. The summed E-state index contributed by atoms with van der Waals surface area (Å²) in [4.78, 5) is 4.26. The Bertz CT molecular complexity index is 1360. The summed E-state index contributed by atoms with van der Waals surface area (Å²) in [6, 6.07) is 11.0. The fourth-order valence-electron chi connectivity index (χ4n) is 3.43. The van der Waals surface area contributed by atoms with Crippen LogP contribution >= 0.6 is 26.0 Å². The lowest BCUT2D eigenvalue weighted by atomic mass is 10.1. The largest absolute Gasteiger partial charge is 0.358 e. The van der Waals surface area contributed by atoms with Crippen molar-refractivity contribution in [3.05, 3.63) is 71.4 Å². The molecule has 4 aromatic rings. The monoisotopic (exact) mass is 550 g/mol. The molecular weight excluding hydrogens is 524 g/mol. The summed E-state index contributed by atoms with van der Waals surface area (Å²) in [6.45, 7) is 1.04. The number of rotatable bonds is 9. The number of benzene rings is 1. The Balaban J connectivity index is 1.64. The molecule has 0 unspecified atom stereocenters. The first-order chi connectivity index (χ1) is 15.6. The molecule has 0 radical (unpaired) electrons. The second-order valence-electron chi connectivity index (χ2n) is 8.71. The average Bonchev–Trinajstić information content (AvgIpc) is 3.35. The normalized spacial score (nSPS) is 13.0. The van der Waals surface area contributed by atoms with Gasteiger partial charge in [0.05, 0.1) is 30.3 Å². The van der Waals surface area contributed by atoms with E-state index in [2.05, 4.69) is 44.8 Å². The maximum absolute atomic E-state index is 13.3. The Hall–Kier alpha value is -2.14. The molecule has 0 bridgehead atoms. The predicted molar refractivity (Wildman–Crippen MR) is 139 cm³/mol. The standard InChI is InChI=1S/C23H27BrN4O3S2/c1-32(2,3)10-9-31-17-27-14-19(12-26-27)21-15-28(22-13-25-23(24)11-20(21)22)33(29,30)16-18-7-5-4-6-8-18/h4-8,11-15H,9-10,16-17H2,1-3H3. The molecule has 0 saturated heterocycles. The molecule has 0 fully saturated rings. The van der Waals surface area contributed by atoms with Gasteiger partial charge in [0, 0.05) is 34.7 Å². The number of pyridine rings is 1. The summed E-state index contributed by atoms with van der Waals surface area (Å²) in [5, 5.41) is 5.19. The van der Waals surface area contributed by atoms with Crippen LogP contribution in [0.2, 0.25) is 0 Å². The van der Waals surface area contributed by atoms with Gasteiger partial charge in [0.25, 0.3) is 0 Å². The van der Waals surface area contributed by atoms with Gasteiger partial charge < -0.3 is 4.74 Å². The van der Waals surface area contributed by atoms with Crippen LogP contribution in [0.1, 0.15) is 5.56 Å². The maximum Gasteiger partial charge on any atom is 0.243 e. The number of hydrogen-bond acceptors (Lipinski definition) is 5. The van der Waals surface area contributed by atoms with Gasteiger partial charge in [0.2, 0.25) is 10.0 Å². The zero-order valence-electron chi connectivity index (χ0n) is 18.8. The molecule has 0 spiro atoms. The first-order valence-corrected chi connectivity index (χ1v) is 15.8. The molecular formula is C23H27BrN4O3S2. The first kappa shape index (κ1) is 24.0. The van der Waals surface area contributed by atoms with Crippen molar-refractivity contribution in [2.75, 3.05) is 31.1 Å². The van der Waals surface area contributed by atoms with Crippen molar-refractivity contribution in [1.29, 1.82) is 0 Å². The van der Waals surface area contributed by atoms with E-state index in [0.717, 1.165) is 27.8 Å². The molecule has 4 rings (SSSR count). The molecule has 0 atom stereocenters. The summed E-state index contributed by atoms with van der Waals surface area (Å²) in [7, 11) is -4.26. The average molecular weight is 552 g/mol. The highest BCUT2D eigenvalue weighted by Crippen LogP contribution is 2.34. The topological polar surface area (TPSA) is 79.0 Å². The highest BCUT2D eigenvalue weighted by Gasteiger charge is 2.21. The summed E-state index contributed by atoms with van der Waals surface area (Å²) < 4.78 is 36.0. The number of halogens is 1. The van der Waals surface area contributed by atoms with Gasteiger partial charge in [-0.15, -0.1) is 0 Å². The summed E-state index contributed by atoms with van der Waals surface area (Å²) in [6.07, 6.45) is 13.6. The van der Waals surface area contributed by atoms with Crippen LogP contribution in [0.25, 0.3) is 22.0 Å². The van der Waals surface area contributed by atoms with Crippen molar-refractivity contribution in [3.8, 4) is 11.1 Å². The molecule has 0 aliphatic carbocycles. The van der Waals surface area contributed by atoms with Crippen molar-refractivity contribution in [1.82, 2.24) is 18.7 Å². The zero-order valence-corrected chi connectivity index (χ0v) is 22.0. The predicted octanol–water partition coefficient (Wildman–Crippen LogP) is 4.71. The van der Waals surface area contributed by atoms with E-state index >= 15 is 0 Å². The van der Waals surface area contributed by atoms with Gasteiger partial charge in [-0.2, -0.15) is 5.10 Å². The minimum atomic E-state index is -3.65. The number of fused-ring (bicyclic) bond motifs is 1. The smallest absolute Gasteiger partial charge is 0.243 e. The summed E-state index contributed by atoms with van der Waals surface area (Å²) in [5.74, 6) is 0.935. The van der Waals surface area contributed by atoms with Crippen LogP contribution in [0.15, 0.2) is 65.8 Å². The molecule has 0 amide bonds. The van der Waals surface area contributed by atoms with E-state index in [4.69, 9.17) is 4.74 Å². The van der Waals surface area contributed by atoms with E-state index in [9.17, 15) is 8.42 Å². The van der Waals surface area contributed by atoms with Crippen LogP contribution in [-0.2, 0) is 27.2 Å². The van der Waals surface area contributed by atoms with Gasteiger partial charge >= 0.3 is 0 Å². The van der Waals surface area contributed by atoms with Crippen molar-refractivity contribution in [2.45, 2.75) is 12.5 Å². The van der Waals surface area contributed by atoms with E-state index in [1.54, 1.807) is 23.3 Å². The van der Waals surface area contributed by atoms with Gasteiger partial charge in [0.1, 0.15) is 11.3 Å². The molecule has 10 heteroatoms. The number of nitrogens with zero attached hydrogens (tertiary/aromatic N) is 4. The van der Waals surface area contributed by atoms with Crippen molar-refractivity contribution < 1.29 is 13.2 Å². The molecule has 33 heavy (non-hydrogen) atoms. The minimum absolute atomic E-state index is 0.101. The molecule has 0 saturated carbocycles. The molecule has 0 N–H and O–H groups in total. The van der Waals surface area contributed by atoms with Gasteiger partial charge in [-0.05, 0) is 46.3 Å². The Kier molecular flexibility index (Phi) is 6.99. The van der Waals surface area contributed by atoms with Gasteiger partial charge in [0.15, 0.2) is 0 Å². The van der Waals surface area contributed by atoms with E-state index in [1.165, 1.54) is 3.97 Å². The van der Waals surface area contributed by atoms with Gasteiger partial charge in [-0.25, -0.2) is 32.1 Å². The third-order valence-corrected chi connectivity index (χ3v) is 8.55. The Morgan fingerprint density at radius 3 is 2.55 bits per heavy atom. The number of aromatic nitrogens is 4. The lowest BCUT2D eigenvalue weighted by Crippen LogP contribution is -2.14. The maximum atomic E-state index is 13.3. The van der Waals surface area contributed by atoms with Crippen LogP contribution in [0.4, 0.5) is 0 Å². The Morgan fingerprint density at radius 2 is 1.82 bits per heavy atom. The summed E-state index contributed by atoms with van der Waals surface area (Å²) in [5.41, 5.74) is 2.85. The SMILES string of the molecule is CS(C)(C)CCOCn1cc(-c2cn(S(=O)(=O)Cc3ccccc3)c3cnc(Br)cc23)cn1. The molecule has 1 aromatic carbocycles. The van der Waals surface area contributed by atoms with E-state index in [0.29, 0.717) is 23.5 Å². The van der Waals surface area contributed by atoms with Crippen molar-refractivity contribution in [3.63, 3.8) is 0 Å². The minimum Gasteiger partial charge on any atom is -0.358 e. The van der Waals surface area contributed by atoms with Crippen LogP contribution in [0, 0.1) is 0 Å². The van der Waals surface area contributed by atoms with E-state index in [-0.39, 0.29) is 5.75 Å². The highest BCUT2D eigenvalue weighted by atomic mass is 79.9. The third kappa shape index (κ3) is 5.87. The van der Waals surface area contributed by atoms with Crippen LogP contribution in [0.5, 0.6) is 0 Å². The molecule has 0 aliphatic rings. The number of hydrogen-bond donors (Lipinski definition) is 0. The third-order valence-electron chi connectivity index (χ3n) is 5.12. The van der Waals surface area contributed by atoms with Crippen molar-refractivity contribution in [2.24, 2.45) is 0 Å². The Morgan fingerprint density at radius 1 is 1.06 bits per heavy atom. The summed E-state index contributed by atoms with van der Waals surface area (Å²) >= 11 is 3.41.